The Hall–Kier alpha value is -0.680. The highest BCUT2D eigenvalue weighted by molar-refractivity contribution is 6.45. The third-order valence-electron chi connectivity index (χ3n) is 2.81. The van der Waals surface area contributed by atoms with Crippen molar-refractivity contribution in [3.63, 3.8) is 0 Å². The number of hydrogen-bond acceptors (Lipinski definition) is 3. The minimum atomic E-state index is -0.551. The van der Waals surface area contributed by atoms with Crippen molar-refractivity contribution in [2.75, 3.05) is 13.1 Å². The average molecular weight is 311 g/mol. The van der Waals surface area contributed by atoms with E-state index in [0.717, 1.165) is 0 Å². The number of halogens is 3. The van der Waals surface area contributed by atoms with Gasteiger partial charge in [-0.1, -0.05) is 34.8 Å². The third-order valence-corrected chi connectivity index (χ3v) is 3.89. The molecule has 18 heavy (non-hydrogen) atoms. The van der Waals surface area contributed by atoms with Gasteiger partial charge in [0.15, 0.2) is 0 Å². The van der Waals surface area contributed by atoms with E-state index in [1.807, 2.05) is 0 Å². The molecule has 2 N–H and O–H groups in total. The van der Waals surface area contributed by atoms with E-state index in [1.165, 1.54) is 11.0 Å². The van der Waals surface area contributed by atoms with Gasteiger partial charge in [0.05, 0.1) is 21.2 Å². The summed E-state index contributed by atoms with van der Waals surface area (Å²) in [5.74, 6) is -0.879. The first-order valence-corrected chi connectivity index (χ1v) is 6.39. The molecule has 1 aliphatic rings. The van der Waals surface area contributed by atoms with Crippen molar-refractivity contribution in [3.8, 4) is 5.75 Å². The van der Waals surface area contributed by atoms with E-state index in [9.17, 15) is 15.0 Å². The summed E-state index contributed by atoms with van der Waals surface area (Å²) in [5.41, 5.74) is -0.122. The van der Waals surface area contributed by atoms with Crippen molar-refractivity contribution in [2.45, 2.75) is 12.5 Å². The van der Waals surface area contributed by atoms with E-state index in [1.54, 1.807) is 0 Å². The fourth-order valence-electron chi connectivity index (χ4n) is 1.87. The topological polar surface area (TPSA) is 60.8 Å². The number of phenolic OH excluding ortho intramolecular Hbond substituents is 1. The number of nitrogens with zero attached hydrogens (tertiary/aromatic N) is 1. The molecule has 2 rings (SSSR count). The van der Waals surface area contributed by atoms with Crippen LogP contribution in [-0.2, 0) is 0 Å². The van der Waals surface area contributed by atoms with Crippen LogP contribution in [0.3, 0.4) is 0 Å². The van der Waals surface area contributed by atoms with E-state index >= 15 is 0 Å². The number of amides is 1. The van der Waals surface area contributed by atoms with Gasteiger partial charge in [0.1, 0.15) is 11.3 Å². The van der Waals surface area contributed by atoms with E-state index < -0.39 is 17.8 Å². The average Bonchev–Trinajstić information content (AvgIpc) is 2.73. The number of aliphatic hydroxyl groups excluding tert-OH is 1. The molecular weight excluding hydrogens is 300 g/mol. The number of likely N-dealkylation sites (tertiary alicyclic amines) is 1. The van der Waals surface area contributed by atoms with Crippen LogP contribution in [-0.4, -0.2) is 40.2 Å². The van der Waals surface area contributed by atoms with Crippen molar-refractivity contribution < 1.29 is 15.0 Å². The van der Waals surface area contributed by atoms with Gasteiger partial charge < -0.3 is 15.1 Å². The molecule has 0 aromatic heterocycles. The molecule has 0 bridgehead atoms. The van der Waals surface area contributed by atoms with Crippen LogP contribution >= 0.6 is 34.8 Å². The number of β-amino-alcohol motifs (C(OH)–C–C–N with tert-alkyl or cyclic N) is 1. The number of aliphatic hydroxyl groups is 1. The molecule has 4 nitrogen and oxygen atoms in total. The van der Waals surface area contributed by atoms with E-state index in [0.29, 0.717) is 13.0 Å². The van der Waals surface area contributed by atoms with Crippen molar-refractivity contribution in [3.05, 3.63) is 26.7 Å². The second kappa shape index (κ2) is 5.13. The Balaban J connectivity index is 2.41. The summed E-state index contributed by atoms with van der Waals surface area (Å²) in [4.78, 5) is 13.6. The maximum Gasteiger partial charge on any atom is 0.259 e. The Bertz CT molecular complexity index is 481. The van der Waals surface area contributed by atoms with Crippen molar-refractivity contribution in [1.82, 2.24) is 4.90 Å². The minimum Gasteiger partial charge on any atom is -0.505 e. The zero-order valence-corrected chi connectivity index (χ0v) is 11.4. The van der Waals surface area contributed by atoms with Gasteiger partial charge in [0, 0.05) is 13.1 Å². The van der Waals surface area contributed by atoms with E-state index in [4.69, 9.17) is 34.8 Å². The lowest BCUT2D eigenvalue weighted by atomic mass is 10.1. The summed E-state index contributed by atoms with van der Waals surface area (Å²) in [7, 11) is 0. The highest BCUT2D eigenvalue weighted by Crippen LogP contribution is 2.39. The Morgan fingerprint density at radius 1 is 1.33 bits per heavy atom. The van der Waals surface area contributed by atoms with E-state index in [2.05, 4.69) is 0 Å². The summed E-state index contributed by atoms with van der Waals surface area (Å²) in [5, 5.41) is 19.2. The molecule has 0 unspecified atom stereocenters. The molecule has 0 saturated carbocycles. The predicted molar refractivity (Wildman–Crippen MR) is 69.7 cm³/mol. The molecular formula is C11H10Cl3NO3. The lowest BCUT2D eigenvalue weighted by Gasteiger charge is -2.18. The molecule has 1 amide bonds. The standard InChI is InChI=1S/C11H10Cl3NO3/c12-6-3-7(13)10(17)8(9(6)14)11(18)15-2-1-5(16)4-15/h3,5,16-17H,1-2,4H2/t5-/m1/s1. The molecule has 98 valence electrons. The van der Waals surface area contributed by atoms with Gasteiger partial charge >= 0.3 is 0 Å². The van der Waals surface area contributed by atoms with Crippen LogP contribution in [0.25, 0.3) is 0 Å². The molecule has 0 radical (unpaired) electrons. The number of carbonyl (C=O) groups is 1. The molecule has 7 heteroatoms. The molecule has 1 fully saturated rings. The summed E-state index contributed by atoms with van der Waals surface area (Å²) in [6.45, 7) is 0.610. The highest BCUT2D eigenvalue weighted by atomic mass is 35.5. The molecule has 1 atom stereocenters. The van der Waals surface area contributed by atoms with Crippen LogP contribution in [0.15, 0.2) is 6.07 Å². The molecule has 0 spiro atoms. The lowest BCUT2D eigenvalue weighted by molar-refractivity contribution is 0.0762. The van der Waals surface area contributed by atoms with Crippen LogP contribution < -0.4 is 0 Å². The number of rotatable bonds is 1. The molecule has 1 aromatic carbocycles. The van der Waals surface area contributed by atoms with Crippen molar-refractivity contribution >= 4 is 40.7 Å². The SMILES string of the molecule is O=C(c1c(O)c(Cl)cc(Cl)c1Cl)N1CC[C@@H](O)C1. The summed E-state index contributed by atoms with van der Waals surface area (Å²) in [6.07, 6.45) is -0.0529. The van der Waals surface area contributed by atoms with Gasteiger partial charge in [-0.2, -0.15) is 0 Å². The smallest absolute Gasteiger partial charge is 0.259 e. The number of phenols is 1. The first-order chi connectivity index (χ1) is 8.41. The highest BCUT2D eigenvalue weighted by Gasteiger charge is 2.30. The fourth-order valence-corrected chi connectivity index (χ4v) is 2.55. The Morgan fingerprint density at radius 2 is 2.00 bits per heavy atom. The zero-order valence-electron chi connectivity index (χ0n) is 9.16. The normalized spacial score (nSPS) is 19.3. The summed E-state index contributed by atoms with van der Waals surface area (Å²) >= 11 is 17.5. The Kier molecular flexibility index (Phi) is 3.92. The quantitative estimate of drug-likeness (QED) is 0.784. The van der Waals surface area contributed by atoms with Crippen LogP contribution in [0.2, 0.25) is 15.1 Å². The van der Waals surface area contributed by atoms with Gasteiger partial charge in [0.2, 0.25) is 0 Å². The molecule has 1 heterocycles. The number of benzene rings is 1. The van der Waals surface area contributed by atoms with Crippen LogP contribution in [0.4, 0.5) is 0 Å². The summed E-state index contributed by atoms with van der Waals surface area (Å²) in [6, 6.07) is 1.27. The van der Waals surface area contributed by atoms with Gasteiger partial charge in [-0.05, 0) is 12.5 Å². The second-order valence-corrected chi connectivity index (χ2v) is 5.26. The van der Waals surface area contributed by atoms with Gasteiger partial charge in [-0.15, -0.1) is 0 Å². The van der Waals surface area contributed by atoms with Crippen LogP contribution in [0.5, 0.6) is 5.75 Å². The fraction of sp³-hybridized carbons (Fsp3) is 0.364. The predicted octanol–water partition coefficient (Wildman–Crippen LogP) is 2.56. The molecule has 1 aliphatic heterocycles. The van der Waals surface area contributed by atoms with Crippen LogP contribution in [0.1, 0.15) is 16.8 Å². The number of aromatic hydroxyl groups is 1. The maximum absolute atomic E-state index is 12.2. The summed E-state index contributed by atoms with van der Waals surface area (Å²) < 4.78 is 0. The number of hydrogen-bond donors (Lipinski definition) is 2. The van der Waals surface area contributed by atoms with Gasteiger partial charge in [-0.3, -0.25) is 4.79 Å². The Morgan fingerprint density at radius 3 is 2.56 bits per heavy atom. The minimum absolute atomic E-state index is 0.0347. The first kappa shape index (κ1) is 13.7. The zero-order chi connectivity index (χ0) is 13.4. The van der Waals surface area contributed by atoms with E-state index in [-0.39, 0.29) is 27.2 Å². The first-order valence-electron chi connectivity index (χ1n) is 5.25. The largest absolute Gasteiger partial charge is 0.505 e. The maximum atomic E-state index is 12.2. The van der Waals surface area contributed by atoms with Gasteiger partial charge in [-0.25, -0.2) is 0 Å². The lowest BCUT2D eigenvalue weighted by Crippen LogP contribution is -2.29. The monoisotopic (exact) mass is 309 g/mol. The van der Waals surface area contributed by atoms with Crippen molar-refractivity contribution in [1.29, 1.82) is 0 Å². The molecule has 1 aromatic rings. The van der Waals surface area contributed by atoms with Crippen molar-refractivity contribution in [2.24, 2.45) is 0 Å². The third kappa shape index (κ3) is 2.38. The van der Waals surface area contributed by atoms with Crippen LogP contribution in [0, 0.1) is 0 Å². The Labute approximate surface area is 119 Å². The number of carbonyl (C=O) groups excluding carboxylic acids is 1. The molecule has 0 aliphatic carbocycles. The second-order valence-electron chi connectivity index (χ2n) is 4.07. The molecule has 1 saturated heterocycles. The van der Waals surface area contributed by atoms with Gasteiger partial charge in [0.25, 0.3) is 5.91 Å².